The highest BCUT2D eigenvalue weighted by Gasteiger charge is 2.71. The fraction of sp³-hybridized carbons (Fsp3) is 1.00. The Morgan fingerprint density at radius 1 is 0.736 bits per heavy atom. The largest absolute Gasteiger partial charge is 0.394 e. The van der Waals surface area contributed by atoms with E-state index >= 15 is 0 Å². The van der Waals surface area contributed by atoms with Gasteiger partial charge in [0.05, 0.1) is 44.2 Å². The van der Waals surface area contributed by atoms with Gasteiger partial charge in [-0.3, -0.25) is 0 Å². The van der Waals surface area contributed by atoms with Gasteiger partial charge in [-0.2, -0.15) is 0 Å². The smallest absolute Gasteiger partial charge is 0.186 e. The van der Waals surface area contributed by atoms with Crippen molar-refractivity contribution in [1.29, 1.82) is 0 Å². The van der Waals surface area contributed by atoms with E-state index in [0.29, 0.717) is 31.3 Å². The van der Waals surface area contributed by atoms with Gasteiger partial charge in [0, 0.05) is 23.7 Å². The summed E-state index contributed by atoms with van der Waals surface area (Å²) >= 11 is 0. The molecule has 4 heterocycles. The van der Waals surface area contributed by atoms with Gasteiger partial charge in [-0.25, -0.2) is 0 Å². The highest BCUT2D eigenvalue weighted by atomic mass is 16.7. The van der Waals surface area contributed by atoms with E-state index in [1.807, 2.05) is 6.92 Å². The van der Waals surface area contributed by atoms with E-state index in [4.69, 9.17) is 28.4 Å². The summed E-state index contributed by atoms with van der Waals surface area (Å²) in [6, 6.07) is 0. The van der Waals surface area contributed by atoms with Crippen LogP contribution in [0.1, 0.15) is 72.6 Å². The molecule has 4 saturated heterocycles. The molecule has 0 amide bonds. The van der Waals surface area contributed by atoms with Gasteiger partial charge in [-0.1, -0.05) is 27.7 Å². The first kappa shape index (κ1) is 39.2. The molecular weight excluding hydrogens is 696 g/mol. The van der Waals surface area contributed by atoms with E-state index in [9.17, 15) is 46.0 Å². The number of aliphatic hydroxyl groups excluding tert-OH is 9. The minimum Gasteiger partial charge on any atom is -0.394 e. The third kappa shape index (κ3) is 5.93. The van der Waals surface area contributed by atoms with Crippen molar-refractivity contribution in [3.63, 3.8) is 0 Å². The average molecular weight is 759 g/mol. The Labute approximate surface area is 310 Å². The van der Waals surface area contributed by atoms with Crippen molar-refractivity contribution >= 4 is 0 Å². The highest BCUT2D eigenvalue weighted by molar-refractivity contribution is 5.17. The van der Waals surface area contributed by atoms with Crippen molar-refractivity contribution in [2.45, 2.75) is 164 Å². The van der Waals surface area contributed by atoms with E-state index in [2.05, 4.69) is 20.8 Å². The molecule has 4 saturated carbocycles. The maximum Gasteiger partial charge on any atom is 0.186 e. The van der Waals surface area contributed by atoms with E-state index in [1.54, 1.807) is 0 Å². The summed E-state index contributed by atoms with van der Waals surface area (Å²) in [5.74, 6) is 0.0805. The highest BCUT2D eigenvalue weighted by Crippen LogP contribution is 2.71. The molecule has 53 heavy (non-hydrogen) atoms. The molecule has 8 aliphatic rings. The second-order valence-corrected chi connectivity index (χ2v) is 18.5. The minimum absolute atomic E-state index is 0.00817. The first-order valence-electron chi connectivity index (χ1n) is 20.0. The summed E-state index contributed by atoms with van der Waals surface area (Å²) in [6.07, 6.45) is -10.5. The zero-order chi connectivity index (χ0) is 37.9. The van der Waals surface area contributed by atoms with Crippen LogP contribution in [0.3, 0.4) is 0 Å². The molecular formula is C38H62O15. The Balaban J connectivity index is 1.00. The van der Waals surface area contributed by atoms with E-state index in [0.717, 1.165) is 32.1 Å². The van der Waals surface area contributed by atoms with Gasteiger partial charge in [-0.05, 0) is 73.5 Å². The van der Waals surface area contributed by atoms with E-state index < -0.39 is 97.5 Å². The fourth-order valence-corrected chi connectivity index (χ4v) is 13.1. The van der Waals surface area contributed by atoms with Crippen molar-refractivity contribution < 1.29 is 74.4 Å². The molecule has 9 N–H and O–H groups in total. The summed E-state index contributed by atoms with van der Waals surface area (Å²) in [5.41, 5.74) is -0.611. The van der Waals surface area contributed by atoms with Crippen LogP contribution < -0.4 is 0 Å². The van der Waals surface area contributed by atoms with Crippen LogP contribution in [0.15, 0.2) is 0 Å². The number of fused-ring (bicyclic) bond motifs is 7. The Kier molecular flexibility index (Phi) is 10.4. The molecule has 4 aliphatic heterocycles. The number of hydrogen-bond acceptors (Lipinski definition) is 15. The molecule has 8 rings (SSSR count). The molecule has 0 aromatic heterocycles. The van der Waals surface area contributed by atoms with Gasteiger partial charge in [0.15, 0.2) is 18.4 Å². The molecule has 8 fully saturated rings. The second kappa shape index (κ2) is 14.0. The van der Waals surface area contributed by atoms with E-state index in [-0.39, 0.29) is 47.7 Å². The molecule has 304 valence electrons. The molecule has 1 spiro atoms. The van der Waals surface area contributed by atoms with Crippen LogP contribution in [0.2, 0.25) is 0 Å². The SMILES string of the molecule is C[C@@H]1CO[C@]2(C[C@@H]1O[C@@H]1O[C@@H](CO)[C@H](O)[C@H](O)[C@H]1O)O[C@@H]1C[C@@H]3[C@H]4CC[C@@H]5C[C@@H](O)[C@@H](O)[C@@H](O[C@H]6OC[C@@H](O)[C@H](O)[C@H]6O)[C@]5(C)[C@@H]4CC[C@]3(C)[C@@H]1[C@H]2C. The van der Waals surface area contributed by atoms with Crippen LogP contribution in [0.5, 0.6) is 0 Å². The number of rotatable bonds is 5. The summed E-state index contributed by atoms with van der Waals surface area (Å²) in [5, 5.41) is 94.7. The molecule has 0 aromatic rings. The third-order valence-corrected chi connectivity index (χ3v) is 16.1. The van der Waals surface area contributed by atoms with Gasteiger partial charge in [-0.15, -0.1) is 0 Å². The monoisotopic (exact) mass is 758 g/mol. The van der Waals surface area contributed by atoms with Crippen LogP contribution in [0.4, 0.5) is 0 Å². The van der Waals surface area contributed by atoms with Gasteiger partial charge in [0.25, 0.3) is 0 Å². The summed E-state index contributed by atoms with van der Waals surface area (Å²) < 4.78 is 37.7. The van der Waals surface area contributed by atoms with Crippen LogP contribution in [0.25, 0.3) is 0 Å². The number of ether oxygens (including phenoxy) is 6. The van der Waals surface area contributed by atoms with Crippen molar-refractivity contribution in [2.75, 3.05) is 19.8 Å². The lowest BCUT2D eigenvalue weighted by Gasteiger charge is -2.64. The summed E-state index contributed by atoms with van der Waals surface area (Å²) in [7, 11) is 0. The number of hydrogen-bond donors (Lipinski definition) is 9. The Morgan fingerprint density at radius 2 is 1.47 bits per heavy atom. The lowest BCUT2D eigenvalue weighted by molar-refractivity contribution is -0.344. The zero-order valence-corrected chi connectivity index (χ0v) is 31.2. The Hall–Kier alpha value is -0.600. The topological polar surface area (TPSA) is 237 Å². The molecule has 24 atom stereocenters. The van der Waals surface area contributed by atoms with Crippen molar-refractivity contribution in [1.82, 2.24) is 0 Å². The van der Waals surface area contributed by atoms with E-state index in [1.165, 1.54) is 0 Å². The zero-order valence-electron chi connectivity index (χ0n) is 31.2. The second-order valence-electron chi connectivity index (χ2n) is 18.5. The Bertz CT molecular complexity index is 1320. The predicted molar refractivity (Wildman–Crippen MR) is 181 cm³/mol. The minimum atomic E-state index is -1.53. The van der Waals surface area contributed by atoms with Crippen LogP contribution in [-0.4, -0.2) is 157 Å². The van der Waals surface area contributed by atoms with Crippen molar-refractivity contribution in [3.05, 3.63) is 0 Å². The van der Waals surface area contributed by atoms with Gasteiger partial charge in [0.1, 0.15) is 48.8 Å². The maximum absolute atomic E-state index is 11.5. The quantitative estimate of drug-likeness (QED) is 0.163. The summed E-state index contributed by atoms with van der Waals surface area (Å²) in [6.45, 7) is 8.36. The average Bonchev–Trinajstić information content (AvgIpc) is 3.57. The molecule has 0 aromatic carbocycles. The van der Waals surface area contributed by atoms with Gasteiger partial charge >= 0.3 is 0 Å². The maximum atomic E-state index is 11.5. The van der Waals surface area contributed by atoms with Crippen molar-refractivity contribution in [3.8, 4) is 0 Å². The lowest BCUT2D eigenvalue weighted by Crippen LogP contribution is -2.66. The lowest BCUT2D eigenvalue weighted by atomic mass is 9.43. The van der Waals surface area contributed by atoms with Crippen LogP contribution in [-0.2, 0) is 28.4 Å². The first-order valence-corrected chi connectivity index (χ1v) is 20.0. The van der Waals surface area contributed by atoms with Gasteiger partial charge in [0.2, 0.25) is 0 Å². The van der Waals surface area contributed by atoms with Crippen LogP contribution in [0, 0.1) is 52.3 Å². The van der Waals surface area contributed by atoms with Crippen LogP contribution >= 0.6 is 0 Å². The van der Waals surface area contributed by atoms with Crippen molar-refractivity contribution in [2.24, 2.45) is 52.3 Å². The molecule has 0 unspecified atom stereocenters. The van der Waals surface area contributed by atoms with Gasteiger partial charge < -0.3 is 74.4 Å². The molecule has 0 radical (unpaired) electrons. The molecule has 4 aliphatic carbocycles. The molecule has 0 bridgehead atoms. The third-order valence-electron chi connectivity index (χ3n) is 16.1. The predicted octanol–water partition coefficient (Wildman–Crippen LogP) is -1.01. The standard InChI is InChI=1S/C38H62O15/c1-15-13-49-38(11-24(15)50-35-32(47)30(45)29(44)25(12-39)51-35)16(2)26-23(53-38)10-20-18-6-5-17-9-21(40)28(43)33(37(17,4)19(18)7-8-36(20,26)3)52-34-31(46)27(42)22(41)14-48-34/h15-35,39-47H,5-14H2,1-4H3/t15-,16-,17-,18+,19-,20-,21-,22-,23-,24+,25+,26-,27+,28-,29+,30+,31-,32-,33-,34-,35-,36+,37+,38-/m1/s1. The number of aliphatic hydroxyl groups is 9. The Morgan fingerprint density at radius 3 is 2.21 bits per heavy atom. The normalized spacial score (nSPS) is 61.0. The molecule has 15 nitrogen and oxygen atoms in total. The molecule has 15 heteroatoms. The summed E-state index contributed by atoms with van der Waals surface area (Å²) in [4.78, 5) is 0. The fourth-order valence-electron chi connectivity index (χ4n) is 13.1. The first-order chi connectivity index (χ1) is 25.1.